The van der Waals surface area contributed by atoms with Crippen molar-refractivity contribution in [3.05, 3.63) is 64.3 Å². The number of rotatable bonds is 6. The number of carbonyl (C=O) groups is 1. The van der Waals surface area contributed by atoms with Crippen LogP contribution in [-0.2, 0) is 14.6 Å². The minimum absolute atomic E-state index is 0.174. The Morgan fingerprint density at radius 1 is 1.23 bits per heavy atom. The molecule has 31 heavy (non-hydrogen) atoms. The zero-order valence-electron chi connectivity index (χ0n) is 17.4. The van der Waals surface area contributed by atoms with Crippen LogP contribution < -0.4 is 10.2 Å². The largest absolute Gasteiger partial charge is 0.393 e. The lowest BCUT2D eigenvalue weighted by atomic mass is 9.96. The van der Waals surface area contributed by atoms with Crippen molar-refractivity contribution in [1.29, 1.82) is 0 Å². The molecule has 1 aliphatic heterocycles. The third-order valence-electron chi connectivity index (χ3n) is 5.20. The first-order valence-corrected chi connectivity index (χ1v) is 12.3. The van der Waals surface area contributed by atoms with E-state index in [0.29, 0.717) is 34.3 Å². The second kappa shape index (κ2) is 8.82. The van der Waals surface area contributed by atoms with Crippen molar-refractivity contribution in [2.45, 2.75) is 43.2 Å². The van der Waals surface area contributed by atoms with Crippen LogP contribution in [-0.4, -0.2) is 37.3 Å². The molecule has 0 radical (unpaired) electrons. The van der Waals surface area contributed by atoms with Crippen molar-refractivity contribution >= 4 is 50.3 Å². The minimum atomic E-state index is -3.33. The zero-order valence-corrected chi connectivity index (χ0v) is 19.7. The molecule has 0 aliphatic carbocycles. The number of hydrogen-bond donors (Lipinski definition) is 2. The van der Waals surface area contributed by atoms with Crippen LogP contribution in [0.5, 0.6) is 0 Å². The van der Waals surface area contributed by atoms with Gasteiger partial charge >= 0.3 is 0 Å². The minimum Gasteiger partial charge on any atom is -0.393 e. The van der Waals surface area contributed by atoms with Crippen LogP contribution in [0.15, 0.2) is 59.1 Å². The molecule has 0 aromatic heterocycles. The summed E-state index contributed by atoms with van der Waals surface area (Å²) >= 11 is 12.5. The quantitative estimate of drug-likeness (QED) is 0.624. The Labute approximate surface area is 192 Å². The Bertz CT molecular complexity index is 1130. The van der Waals surface area contributed by atoms with Crippen LogP contribution in [0.1, 0.15) is 26.7 Å². The number of amides is 1. The highest BCUT2D eigenvalue weighted by Gasteiger charge is 2.45. The number of nitrogens with zero attached hydrogens (tertiary/aromatic N) is 1. The maximum atomic E-state index is 13.4. The van der Waals surface area contributed by atoms with E-state index < -0.39 is 21.5 Å². The number of halogens is 2. The molecule has 0 bridgehead atoms. The molecule has 0 spiro atoms. The Hall–Kier alpha value is -2.06. The molecule has 1 unspecified atom stereocenters. The van der Waals surface area contributed by atoms with Crippen LogP contribution in [0.25, 0.3) is 0 Å². The predicted molar refractivity (Wildman–Crippen MR) is 125 cm³/mol. The predicted octanol–water partition coefficient (Wildman–Crippen LogP) is 4.66. The molecule has 166 valence electrons. The first-order valence-electron chi connectivity index (χ1n) is 9.66. The number of anilines is 2. The van der Waals surface area contributed by atoms with Gasteiger partial charge in [0, 0.05) is 29.1 Å². The van der Waals surface area contributed by atoms with Crippen LogP contribution in [0, 0.1) is 0 Å². The second-order valence-corrected chi connectivity index (χ2v) is 10.8. The first kappa shape index (κ1) is 23.6. The molecule has 2 aromatic carbocycles. The topological polar surface area (TPSA) is 86.7 Å². The molecule has 6 nitrogen and oxygen atoms in total. The van der Waals surface area contributed by atoms with E-state index in [9.17, 15) is 18.3 Å². The molecular formula is C22H24Cl2N2O4S. The molecule has 0 saturated heterocycles. The van der Waals surface area contributed by atoms with Gasteiger partial charge < -0.3 is 15.3 Å². The maximum absolute atomic E-state index is 13.4. The molecule has 0 saturated carbocycles. The Morgan fingerprint density at radius 3 is 2.42 bits per heavy atom. The van der Waals surface area contributed by atoms with Gasteiger partial charge in [0.25, 0.3) is 5.91 Å². The fourth-order valence-corrected chi connectivity index (χ4v) is 4.75. The van der Waals surface area contributed by atoms with E-state index in [1.165, 1.54) is 12.1 Å². The number of sulfone groups is 1. The van der Waals surface area contributed by atoms with Crippen LogP contribution >= 0.6 is 23.2 Å². The molecular weight excluding hydrogens is 459 g/mol. The lowest BCUT2D eigenvalue weighted by molar-refractivity contribution is -0.120. The smallest absolute Gasteiger partial charge is 0.250 e. The molecule has 2 atom stereocenters. The Kier molecular flexibility index (Phi) is 6.72. The molecule has 2 N–H and O–H groups in total. The van der Waals surface area contributed by atoms with Crippen LogP contribution in [0.2, 0.25) is 10.0 Å². The highest BCUT2D eigenvalue weighted by molar-refractivity contribution is 7.90. The number of nitrogens with one attached hydrogen (secondary N) is 1. The van der Waals surface area contributed by atoms with Crippen molar-refractivity contribution in [1.82, 2.24) is 0 Å². The first-order chi connectivity index (χ1) is 14.4. The van der Waals surface area contributed by atoms with Gasteiger partial charge in [0.1, 0.15) is 5.54 Å². The van der Waals surface area contributed by atoms with E-state index in [1.54, 1.807) is 44.2 Å². The van der Waals surface area contributed by atoms with Crippen molar-refractivity contribution in [2.75, 3.05) is 16.5 Å². The molecule has 2 aromatic rings. The standard InChI is InChI=1S/C22H24Cl2N2O4S/c1-14(27)12-17-10-11-22(2,26(17)20-9-4-15(23)13-19(20)24)21(28)25-16-5-7-18(8-6-16)31(3,29)30/h4-10,13-14,27H,11-12H2,1-3H3,(H,25,28)/t14-,22?/m0/s1. The lowest BCUT2D eigenvalue weighted by Crippen LogP contribution is -2.52. The van der Waals surface area contributed by atoms with Crippen LogP contribution in [0.4, 0.5) is 11.4 Å². The summed E-state index contributed by atoms with van der Waals surface area (Å²) in [6.07, 6.45) is 3.20. The number of aliphatic hydroxyl groups excluding tert-OH is 1. The monoisotopic (exact) mass is 482 g/mol. The van der Waals surface area contributed by atoms with Crippen molar-refractivity contribution in [3.63, 3.8) is 0 Å². The molecule has 9 heteroatoms. The third kappa shape index (κ3) is 5.06. The summed E-state index contributed by atoms with van der Waals surface area (Å²) in [6.45, 7) is 3.48. The van der Waals surface area contributed by atoms with Gasteiger partial charge in [0.2, 0.25) is 0 Å². The van der Waals surface area contributed by atoms with Crippen molar-refractivity contribution in [3.8, 4) is 0 Å². The molecule has 1 amide bonds. The Balaban J connectivity index is 1.94. The average Bonchev–Trinajstić information content (AvgIpc) is 2.98. The highest BCUT2D eigenvalue weighted by atomic mass is 35.5. The summed E-state index contributed by atoms with van der Waals surface area (Å²) in [7, 11) is -3.33. The van der Waals surface area contributed by atoms with E-state index in [1.807, 2.05) is 11.0 Å². The summed E-state index contributed by atoms with van der Waals surface area (Å²) in [6, 6.07) is 11.1. The van der Waals surface area contributed by atoms with Crippen LogP contribution in [0.3, 0.4) is 0 Å². The van der Waals surface area contributed by atoms with Crippen molar-refractivity contribution in [2.24, 2.45) is 0 Å². The normalized spacial score (nSPS) is 19.8. The van der Waals surface area contributed by atoms with E-state index in [2.05, 4.69) is 5.32 Å². The van der Waals surface area contributed by atoms with E-state index in [4.69, 9.17) is 23.2 Å². The number of aliphatic hydroxyl groups is 1. The number of benzene rings is 2. The van der Waals surface area contributed by atoms with Gasteiger partial charge in [-0.05, 0) is 62.7 Å². The van der Waals surface area contributed by atoms with E-state index in [0.717, 1.165) is 12.0 Å². The van der Waals surface area contributed by atoms with Gasteiger partial charge in [0.05, 0.1) is 21.7 Å². The maximum Gasteiger partial charge on any atom is 0.250 e. The SMILES string of the molecule is C[C@H](O)CC1=CCC(C)(C(=O)Nc2ccc(S(C)(=O)=O)cc2)N1c1ccc(Cl)cc1Cl. The lowest BCUT2D eigenvalue weighted by Gasteiger charge is -2.38. The van der Waals surface area contributed by atoms with Gasteiger partial charge in [-0.15, -0.1) is 0 Å². The van der Waals surface area contributed by atoms with Gasteiger partial charge in [-0.25, -0.2) is 8.42 Å². The highest BCUT2D eigenvalue weighted by Crippen LogP contribution is 2.43. The second-order valence-electron chi connectivity index (χ2n) is 7.91. The summed E-state index contributed by atoms with van der Waals surface area (Å²) in [4.78, 5) is 15.4. The number of carbonyl (C=O) groups excluding carboxylic acids is 1. The van der Waals surface area contributed by atoms with Gasteiger partial charge in [0.15, 0.2) is 9.84 Å². The summed E-state index contributed by atoms with van der Waals surface area (Å²) < 4.78 is 23.3. The summed E-state index contributed by atoms with van der Waals surface area (Å²) in [5.41, 5.74) is 0.853. The average molecular weight is 483 g/mol. The van der Waals surface area contributed by atoms with E-state index in [-0.39, 0.29) is 10.8 Å². The van der Waals surface area contributed by atoms with E-state index >= 15 is 0 Å². The zero-order chi connectivity index (χ0) is 23.0. The fraction of sp³-hybridized carbons (Fsp3) is 0.318. The van der Waals surface area contributed by atoms with Gasteiger partial charge in [-0.3, -0.25) is 4.79 Å². The van der Waals surface area contributed by atoms with Crippen molar-refractivity contribution < 1.29 is 18.3 Å². The van der Waals surface area contributed by atoms with Gasteiger partial charge in [-0.1, -0.05) is 29.3 Å². The number of hydrogen-bond acceptors (Lipinski definition) is 5. The fourth-order valence-electron chi connectivity index (χ4n) is 3.62. The van der Waals surface area contributed by atoms with Gasteiger partial charge in [-0.2, -0.15) is 0 Å². The molecule has 1 aliphatic rings. The molecule has 3 rings (SSSR count). The third-order valence-corrected chi connectivity index (χ3v) is 6.87. The molecule has 0 fully saturated rings. The Morgan fingerprint density at radius 2 is 1.87 bits per heavy atom. The summed E-state index contributed by atoms with van der Waals surface area (Å²) in [5, 5.41) is 13.7. The molecule has 1 heterocycles. The summed E-state index contributed by atoms with van der Waals surface area (Å²) in [5.74, 6) is -0.289.